The normalized spacial score (nSPS) is 14.2. The third kappa shape index (κ3) is 6.91. The van der Waals surface area contributed by atoms with Gasteiger partial charge in [0.05, 0.1) is 6.61 Å². The number of carboxylic acids is 1. The molecule has 0 fully saturated rings. The van der Waals surface area contributed by atoms with Crippen LogP contribution in [0.25, 0.3) is 0 Å². The lowest BCUT2D eigenvalue weighted by molar-refractivity contribution is -0.140. The van der Waals surface area contributed by atoms with Crippen LogP contribution < -0.4 is 11.1 Å². The van der Waals surface area contributed by atoms with Gasteiger partial charge in [0.2, 0.25) is 5.91 Å². The Bertz CT molecular complexity index is 246. The number of aliphatic carboxylic acids is 1. The van der Waals surface area contributed by atoms with Gasteiger partial charge in [-0.1, -0.05) is 13.3 Å². The van der Waals surface area contributed by atoms with Crippen molar-refractivity contribution >= 4 is 11.9 Å². The molecule has 0 aromatic rings. The summed E-state index contributed by atoms with van der Waals surface area (Å²) in [6.45, 7) is 2.00. The molecule has 0 saturated carbocycles. The van der Waals surface area contributed by atoms with Crippen LogP contribution in [0.1, 0.15) is 32.6 Å². The first kappa shape index (κ1) is 15.9. The zero-order valence-corrected chi connectivity index (χ0v) is 10.2. The summed E-state index contributed by atoms with van der Waals surface area (Å²) in [5, 5.41) is 20.1. The number of nitrogens with one attached hydrogen (secondary N) is 1. The molecule has 0 aromatic heterocycles. The molecule has 0 spiro atoms. The molecule has 17 heavy (non-hydrogen) atoms. The van der Waals surface area contributed by atoms with E-state index in [1.54, 1.807) is 0 Å². The molecule has 0 heterocycles. The van der Waals surface area contributed by atoms with Crippen LogP contribution in [0.3, 0.4) is 0 Å². The van der Waals surface area contributed by atoms with Crippen molar-refractivity contribution in [1.29, 1.82) is 0 Å². The van der Waals surface area contributed by atoms with Gasteiger partial charge in [0.25, 0.3) is 0 Å². The maximum absolute atomic E-state index is 11.0. The van der Waals surface area contributed by atoms with E-state index in [1.807, 2.05) is 6.92 Å². The summed E-state index contributed by atoms with van der Waals surface area (Å²) >= 11 is 0. The van der Waals surface area contributed by atoms with Gasteiger partial charge in [0.1, 0.15) is 6.04 Å². The second kappa shape index (κ2) is 8.95. The third-order valence-corrected chi connectivity index (χ3v) is 2.64. The fourth-order valence-corrected chi connectivity index (χ4v) is 1.63. The Hall–Kier alpha value is -1.14. The zero-order chi connectivity index (χ0) is 13.3. The Morgan fingerprint density at radius 3 is 2.41 bits per heavy atom. The largest absolute Gasteiger partial charge is 0.480 e. The quantitative estimate of drug-likeness (QED) is 0.395. The second-order valence-corrected chi connectivity index (χ2v) is 4.06. The van der Waals surface area contributed by atoms with E-state index in [2.05, 4.69) is 5.32 Å². The highest BCUT2D eigenvalue weighted by Gasteiger charge is 2.16. The monoisotopic (exact) mass is 246 g/mol. The first-order valence-electron chi connectivity index (χ1n) is 5.89. The molecule has 0 aliphatic rings. The van der Waals surface area contributed by atoms with E-state index in [-0.39, 0.29) is 11.8 Å². The summed E-state index contributed by atoms with van der Waals surface area (Å²) in [4.78, 5) is 21.6. The zero-order valence-electron chi connectivity index (χ0n) is 10.2. The average molecular weight is 246 g/mol. The SMILES string of the molecule is CCCC(CCCN[C@@H](CO)C(=O)O)C(N)=O. The van der Waals surface area contributed by atoms with Crippen LogP contribution in [0.2, 0.25) is 0 Å². The highest BCUT2D eigenvalue weighted by molar-refractivity contribution is 5.76. The molecule has 0 aliphatic carbocycles. The number of amides is 1. The molecular weight excluding hydrogens is 224 g/mol. The van der Waals surface area contributed by atoms with E-state index in [0.29, 0.717) is 19.4 Å². The van der Waals surface area contributed by atoms with Gasteiger partial charge in [-0.3, -0.25) is 9.59 Å². The van der Waals surface area contributed by atoms with Crippen LogP contribution in [0.4, 0.5) is 0 Å². The van der Waals surface area contributed by atoms with Gasteiger partial charge in [0.15, 0.2) is 0 Å². The number of carbonyl (C=O) groups is 2. The molecule has 0 saturated heterocycles. The minimum atomic E-state index is -1.08. The van der Waals surface area contributed by atoms with Crippen molar-refractivity contribution in [2.24, 2.45) is 11.7 Å². The molecule has 5 N–H and O–H groups in total. The van der Waals surface area contributed by atoms with Crippen LogP contribution in [0, 0.1) is 5.92 Å². The molecule has 100 valence electrons. The topological polar surface area (TPSA) is 113 Å². The summed E-state index contributed by atoms with van der Waals surface area (Å²) in [5.41, 5.74) is 5.25. The number of aliphatic hydroxyl groups is 1. The molecule has 2 atom stereocenters. The van der Waals surface area contributed by atoms with Crippen LogP contribution >= 0.6 is 0 Å². The van der Waals surface area contributed by atoms with Crippen molar-refractivity contribution in [1.82, 2.24) is 5.32 Å². The minimum Gasteiger partial charge on any atom is -0.480 e. The summed E-state index contributed by atoms with van der Waals surface area (Å²) in [7, 11) is 0. The van der Waals surface area contributed by atoms with E-state index in [0.717, 1.165) is 12.8 Å². The van der Waals surface area contributed by atoms with E-state index in [9.17, 15) is 9.59 Å². The second-order valence-electron chi connectivity index (χ2n) is 4.06. The predicted octanol–water partition coefficient (Wildman–Crippen LogP) is -0.297. The lowest BCUT2D eigenvalue weighted by Gasteiger charge is -2.14. The molecular formula is C11H22N2O4. The molecule has 0 radical (unpaired) electrons. The first-order chi connectivity index (χ1) is 8.02. The van der Waals surface area contributed by atoms with E-state index < -0.39 is 18.6 Å². The number of aliphatic hydroxyl groups excluding tert-OH is 1. The van der Waals surface area contributed by atoms with Crippen molar-refractivity contribution < 1.29 is 19.8 Å². The highest BCUT2D eigenvalue weighted by Crippen LogP contribution is 2.12. The van der Waals surface area contributed by atoms with Gasteiger partial charge in [-0.2, -0.15) is 0 Å². The Morgan fingerprint density at radius 1 is 1.35 bits per heavy atom. The molecule has 1 unspecified atom stereocenters. The van der Waals surface area contributed by atoms with Gasteiger partial charge in [0, 0.05) is 5.92 Å². The lowest BCUT2D eigenvalue weighted by atomic mass is 9.97. The standard InChI is InChI=1S/C11H22N2O4/c1-2-4-8(10(12)15)5-3-6-13-9(7-14)11(16)17/h8-9,13-14H,2-7H2,1H3,(H2,12,15)(H,16,17)/t8?,9-/m0/s1. The first-order valence-corrected chi connectivity index (χ1v) is 5.89. The number of carbonyl (C=O) groups excluding carboxylic acids is 1. The van der Waals surface area contributed by atoms with Crippen molar-refractivity contribution in [2.75, 3.05) is 13.2 Å². The molecule has 0 bridgehead atoms. The van der Waals surface area contributed by atoms with E-state index in [4.69, 9.17) is 15.9 Å². The molecule has 0 aliphatic heterocycles. The Labute approximate surface area is 101 Å². The molecule has 6 nitrogen and oxygen atoms in total. The molecule has 0 rings (SSSR count). The number of primary amides is 1. The highest BCUT2D eigenvalue weighted by atomic mass is 16.4. The van der Waals surface area contributed by atoms with Crippen molar-refractivity contribution in [3.05, 3.63) is 0 Å². The summed E-state index contributed by atoms with van der Waals surface area (Å²) in [6, 6.07) is -0.937. The number of rotatable bonds is 10. The summed E-state index contributed by atoms with van der Waals surface area (Å²) < 4.78 is 0. The van der Waals surface area contributed by atoms with Gasteiger partial charge in [-0.25, -0.2) is 0 Å². The smallest absolute Gasteiger partial charge is 0.323 e. The van der Waals surface area contributed by atoms with Gasteiger partial charge in [-0.15, -0.1) is 0 Å². The maximum atomic E-state index is 11.0. The van der Waals surface area contributed by atoms with Crippen molar-refractivity contribution in [3.63, 3.8) is 0 Å². The third-order valence-electron chi connectivity index (χ3n) is 2.64. The predicted molar refractivity (Wildman–Crippen MR) is 63.3 cm³/mol. The lowest BCUT2D eigenvalue weighted by Crippen LogP contribution is -2.40. The van der Waals surface area contributed by atoms with Crippen LogP contribution in [-0.2, 0) is 9.59 Å². The van der Waals surface area contributed by atoms with Crippen LogP contribution in [-0.4, -0.2) is 41.3 Å². The number of hydrogen-bond acceptors (Lipinski definition) is 4. The molecule has 0 aromatic carbocycles. The van der Waals surface area contributed by atoms with Crippen LogP contribution in [0.5, 0.6) is 0 Å². The fourth-order valence-electron chi connectivity index (χ4n) is 1.63. The van der Waals surface area contributed by atoms with Crippen molar-refractivity contribution in [2.45, 2.75) is 38.6 Å². The minimum absolute atomic E-state index is 0.140. The number of hydrogen-bond donors (Lipinski definition) is 4. The van der Waals surface area contributed by atoms with E-state index >= 15 is 0 Å². The summed E-state index contributed by atoms with van der Waals surface area (Å²) in [6.07, 6.45) is 2.97. The van der Waals surface area contributed by atoms with Gasteiger partial charge >= 0.3 is 5.97 Å². The molecule has 6 heteroatoms. The van der Waals surface area contributed by atoms with E-state index in [1.165, 1.54) is 0 Å². The number of nitrogens with two attached hydrogens (primary N) is 1. The van der Waals surface area contributed by atoms with Gasteiger partial charge < -0.3 is 21.3 Å². The maximum Gasteiger partial charge on any atom is 0.323 e. The Kier molecular flexibility index (Phi) is 8.35. The number of carboxylic acid groups (broad SMARTS) is 1. The summed E-state index contributed by atoms with van der Waals surface area (Å²) in [5.74, 6) is -1.52. The van der Waals surface area contributed by atoms with Gasteiger partial charge in [-0.05, 0) is 25.8 Å². The Morgan fingerprint density at radius 2 is 2.00 bits per heavy atom. The fraction of sp³-hybridized carbons (Fsp3) is 0.818. The molecule has 1 amide bonds. The van der Waals surface area contributed by atoms with Crippen LogP contribution in [0.15, 0.2) is 0 Å². The Balaban J connectivity index is 3.81. The average Bonchev–Trinajstić information content (AvgIpc) is 2.26. The van der Waals surface area contributed by atoms with Crippen molar-refractivity contribution in [3.8, 4) is 0 Å².